The molecule has 18 heavy (non-hydrogen) atoms. The predicted octanol–water partition coefficient (Wildman–Crippen LogP) is 2.80. The second-order valence-electron chi connectivity index (χ2n) is 5.69. The Kier molecular flexibility index (Phi) is 6.99. The Morgan fingerprint density at radius 2 is 1.78 bits per heavy atom. The Labute approximate surface area is 112 Å². The zero-order chi connectivity index (χ0) is 13.4. The monoisotopic (exact) mass is 248 g/mol. The van der Waals surface area contributed by atoms with Crippen molar-refractivity contribution in [1.29, 1.82) is 0 Å². The normalized spacial score (nSPS) is 13.2. The van der Waals surface area contributed by atoms with Crippen molar-refractivity contribution in [2.75, 3.05) is 27.2 Å². The van der Waals surface area contributed by atoms with Crippen LogP contribution in [0.1, 0.15) is 25.8 Å². The molecule has 0 aliphatic rings. The van der Waals surface area contributed by atoms with Crippen LogP contribution in [0.2, 0.25) is 0 Å². The zero-order valence-corrected chi connectivity index (χ0v) is 12.3. The maximum atomic E-state index is 3.58. The Morgan fingerprint density at radius 3 is 2.33 bits per heavy atom. The van der Waals surface area contributed by atoms with E-state index in [1.165, 1.54) is 12.0 Å². The van der Waals surface area contributed by atoms with Crippen molar-refractivity contribution in [3.05, 3.63) is 35.9 Å². The van der Waals surface area contributed by atoms with E-state index in [-0.39, 0.29) is 0 Å². The quantitative estimate of drug-likeness (QED) is 0.712. The minimum Gasteiger partial charge on any atom is -0.315 e. The van der Waals surface area contributed by atoms with E-state index in [0.717, 1.165) is 25.4 Å². The Hall–Kier alpha value is -0.860. The fourth-order valence-corrected chi connectivity index (χ4v) is 2.17. The number of likely N-dealkylation sites (N-methyl/N-ethyl adjacent to an activating group) is 1. The highest BCUT2D eigenvalue weighted by atomic mass is 15.1. The average molecular weight is 248 g/mol. The molecule has 102 valence electrons. The van der Waals surface area contributed by atoms with Gasteiger partial charge in [-0.05, 0) is 45.0 Å². The van der Waals surface area contributed by atoms with Crippen LogP contribution in [0.5, 0.6) is 0 Å². The van der Waals surface area contributed by atoms with Gasteiger partial charge in [0.25, 0.3) is 0 Å². The van der Waals surface area contributed by atoms with E-state index in [1.807, 2.05) is 0 Å². The molecular weight excluding hydrogens is 220 g/mol. The van der Waals surface area contributed by atoms with E-state index in [1.54, 1.807) is 0 Å². The van der Waals surface area contributed by atoms with Gasteiger partial charge in [0.15, 0.2) is 0 Å². The standard InChI is InChI=1S/C16H28N2/c1-14(2)12-16(18(3)4)13-17-11-10-15-8-6-5-7-9-15/h5-9,14,16-17H,10-13H2,1-4H3. The van der Waals surface area contributed by atoms with E-state index >= 15 is 0 Å². The van der Waals surface area contributed by atoms with Crippen LogP contribution < -0.4 is 5.32 Å². The first-order valence-electron chi connectivity index (χ1n) is 7.00. The molecule has 1 N–H and O–H groups in total. The van der Waals surface area contributed by atoms with Gasteiger partial charge in [0, 0.05) is 12.6 Å². The SMILES string of the molecule is CC(C)CC(CNCCc1ccccc1)N(C)C. The van der Waals surface area contributed by atoms with Gasteiger partial charge in [-0.3, -0.25) is 0 Å². The van der Waals surface area contributed by atoms with Crippen LogP contribution in [0.25, 0.3) is 0 Å². The fraction of sp³-hybridized carbons (Fsp3) is 0.625. The summed E-state index contributed by atoms with van der Waals surface area (Å²) in [4.78, 5) is 2.33. The Bertz CT molecular complexity index is 306. The molecule has 0 aromatic heterocycles. The molecule has 0 spiro atoms. The molecule has 1 aromatic rings. The zero-order valence-electron chi connectivity index (χ0n) is 12.3. The van der Waals surface area contributed by atoms with Gasteiger partial charge in [0.05, 0.1) is 0 Å². The Balaban J connectivity index is 2.23. The van der Waals surface area contributed by atoms with Crippen molar-refractivity contribution in [2.45, 2.75) is 32.7 Å². The first-order chi connectivity index (χ1) is 8.59. The molecule has 2 nitrogen and oxygen atoms in total. The smallest absolute Gasteiger partial charge is 0.0216 e. The van der Waals surface area contributed by atoms with Gasteiger partial charge in [-0.2, -0.15) is 0 Å². The van der Waals surface area contributed by atoms with Crippen LogP contribution in [0, 0.1) is 5.92 Å². The van der Waals surface area contributed by atoms with Crippen LogP contribution in [-0.2, 0) is 6.42 Å². The summed E-state index contributed by atoms with van der Waals surface area (Å²) in [5.41, 5.74) is 1.41. The summed E-state index contributed by atoms with van der Waals surface area (Å²) in [6.45, 7) is 6.73. The van der Waals surface area contributed by atoms with Crippen LogP contribution in [0.15, 0.2) is 30.3 Å². The fourth-order valence-electron chi connectivity index (χ4n) is 2.17. The average Bonchev–Trinajstić information content (AvgIpc) is 2.33. The highest BCUT2D eigenvalue weighted by Gasteiger charge is 2.12. The molecule has 0 saturated carbocycles. The van der Waals surface area contributed by atoms with Crippen molar-refractivity contribution < 1.29 is 0 Å². The van der Waals surface area contributed by atoms with E-state index in [4.69, 9.17) is 0 Å². The maximum Gasteiger partial charge on any atom is 0.0216 e. The summed E-state index contributed by atoms with van der Waals surface area (Å²) in [5, 5.41) is 3.58. The van der Waals surface area contributed by atoms with E-state index in [0.29, 0.717) is 6.04 Å². The molecule has 1 unspecified atom stereocenters. The number of nitrogens with zero attached hydrogens (tertiary/aromatic N) is 1. The van der Waals surface area contributed by atoms with Gasteiger partial charge in [-0.1, -0.05) is 44.2 Å². The third kappa shape index (κ3) is 6.18. The van der Waals surface area contributed by atoms with Gasteiger partial charge in [0.2, 0.25) is 0 Å². The Morgan fingerprint density at radius 1 is 1.11 bits per heavy atom. The summed E-state index contributed by atoms with van der Waals surface area (Å²) in [5.74, 6) is 0.758. The topological polar surface area (TPSA) is 15.3 Å². The minimum atomic E-state index is 0.640. The van der Waals surface area contributed by atoms with Gasteiger partial charge in [0.1, 0.15) is 0 Å². The van der Waals surface area contributed by atoms with E-state index < -0.39 is 0 Å². The molecule has 1 aromatic carbocycles. The molecule has 0 bridgehead atoms. The molecule has 0 amide bonds. The first-order valence-corrected chi connectivity index (χ1v) is 7.00. The van der Waals surface area contributed by atoms with Crippen molar-refractivity contribution in [1.82, 2.24) is 10.2 Å². The predicted molar refractivity (Wildman–Crippen MR) is 79.9 cm³/mol. The third-order valence-corrected chi connectivity index (χ3v) is 3.29. The number of hydrogen-bond acceptors (Lipinski definition) is 2. The third-order valence-electron chi connectivity index (χ3n) is 3.29. The van der Waals surface area contributed by atoms with Crippen molar-refractivity contribution in [3.63, 3.8) is 0 Å². The number of benzene rings is 1. The molecule has 1 rings (SSSR count). The van der Waals surface area contributed by atoms with Crippen LogP contribution in [0.4, 0.5) is 0 Å². The second-order valence-corrected chi connectivity index (χ2v) is 5.69. The maximum absolute atomic E-state index is 3.58. The number of rotatable bonds is 8. The van der Waals surface area contributed by atoms with E-state index in [2.05, 4.69) is 68.5 Å². The minimum absolute atomic E-state index is 0.640. The lowest BCUT2D eigenvalue weighted by molar-refractivity contribution is 0.247. The number of nitrogens with one attached hydrogen (secondary N) is 1. The lowest BCUT2D eigenvalue weighted by Crippen LogP contribution is -2.39. The molecule has 0 radical (unpaired) electrons. The lowest BCUT2D eigenvalue weighted by atomic mass is 10.0. The van der Waals surface area contributed by atoms with Crippen molar-refractivity contribution >= 4 is 0 Å². The molecule has 0 aliphatic heterocycles. The largest absolute Gasteiger partial charge is 0.315 e. The summed E-state index contributed by atoms with van der Waals surface area (Å²) in [6, 6.07) is 11.3. The van der Waals surface area contributed by atoms with Crippen LogP contribution in [-0.4, -0.2) is 38.1 Å². The first kappa shape index (κ1) is 15.2. The summed E-state index contributed by atoms with van der Waals surface area (Å²) < 4.78 is 0. The van der Waals surface area contributed by atoms with E-state index in [9.17, 15) is 0 Å². The van der Waals surface area contributed by atoms with Gasteiger partial charge in [-0.25, -0.2) is 0 Å². The summed E-state index contributed by atoms with van der Waals surface area (Å²) in [6.07, 6.45) is 2.37. The van der Waals surface area contributed by atoms with Gasteiger partial charge >= 0.3 is 0 Å². The molecule has 2 heteroatoms. The molecule has 0 aliphatic carbocycles. The lowest BCUT2D eigenvalue weighted by Gasteiger charge is -2.26. The van der Waals surface area contributed by atoms with Gasteiger partial charge < -0.3 is 10.2 Å². The molecule has 1 atom stereocenters. The summed E-state index contributed by atoms with van der Waals surface area (Å²) >= 11 is 0. The second kappa shape index (κ2) is 8.28. The van der Waals surface area contributed by atoms with Crippen LogP contribution >= 0.6 is 0 Å². The van der Waals surface area contributed by atoms with Crippen molar-refractivity contribution in [3.8, 4) is 0 Å². The summed E-state index contributed by atoms with van der Waals surface area (Å²) in [7, 11) is 4.35. The van der Waals surface area contributed by atoms with Crippen LogP contribution in [0.3, 0.4) is 0 Å². The number of hydrogen-bond donors (Lipinski definition) is 1. The molecular formula is C16H28N2. The molecule has 0 saturated heterocycles. The highest BCUT2D eigenvalue weighted by molar-refractivity contribution is 5.14. The molecule has 0 fully saturated rings. The highest BCUT2D eigenvalue weighted by Crippen LogP contribution is 2.08. The molecule has 0 heterocycles. The van der Waals surface area contributed by atoms with Crippen molar-refractivity contribution in [2.24, 2.45) is 5.92 Å². The van der Waals surface area contributed by atoms with Gasteiger partial charge in [-0.15, -0.1) is 0 Å².